The molecule has 0 aliphatic carbocycles. The molecule has 0 atom stereocenters. The minimum atomic E-state index is -0.331. The molecule has 142 valence electrons. The second-order valence-corrected chi connectivity index (χ2v) is 6.47. The number of carbonyl (C=O) groups excluding carboxylic acids is 1. The Kier molecular flexibility index (Phi) is 6.30. The summed E-state index contributed by atoms with van der Waals surface area (Å²) in [6.07, 6.45) is 4.15. The molecular formula is C21H25N3O3. The van der Waals surface area contributed by atoms with Gasteiger partial charge in [-0.1, -0.05) is 18.2 Å². The van der Waals surface area contributed by atoms with Crippen LogP contribution in [0.15, 0.2) is 47.6 Å². The van der Waals surface area contributed by atoms with E-state index in [0.29, 0.717) is 11.5 Å². The summed E-state index contributed by atoms with van der Waals surface area (Å²) in [6, 6.07) is 13.4. The summed E-state index contributed by atoms with van der Waals surface area (Å²) in [6.45, 7) is 4.21. The van der Waals surface area contributed by atoms with E-state index in [1.165, 1.54) is 24.1 Å². The van der Waals surface area contributed by atoms with Crippen LogP contribution in [0.2, 0.25) is 0 Å². The quantitative estimate of drug-likeness (QED) is 0.603. The number of anilines is 1. The number of rotatable bonds is 7. The molecule has 2 aromatic carbocycles. The maximum absolute atomic E-state index is 11.9. The third-order valence-corrected chi connectivity index (χ3v) is 4.50. The topological polar surface area (TPSA) is 63.2 Å². The van der Waals surface area contributed by atoms with Crippen LogP contribution in [-0.2, 0) is 4.79 Å². The van der Waals surface area contributed by atoms with Crippen molar-refractivity contribution in [2.24, 2.45) is 5.10 Å². The first-order valence-corrected chi connectivity index (χ1v) is 9.10. The number of para-hydroxylation sites is 2. The molecule has 0 aromatic heterocycles. The van der Waals surface area contributed by atoms with Crippen LogP contribution in [0.4, 0.5) is 5.69 Å². The SMILES string of the molecule is COc1ccccc1OCC(=O)N/N=C/c1ccc(N2CCCC2)c(C)c1. The smallest absolute Gasteiger partial charge is 0.277 e. The van der Waals surface area contributed by atoms with Gasteiger partial charge in [0.1, 0.15) is 0 Å². The first kappa shape index (κ1) is 18.8. The number of amides is 1. The molecule has 0 bridgehead atoms. The van der Waals surface area contributed by atoms with E-state index >= 15 is 0 Å². The van der Waals surface area contributed by atoms with E-state index in [-0.39, 0.29) is 12.5 Å². The van der Waals surface area contributed by atoms with E-state index in [1.807, 2.05) is 18.2 Å². The Morgan fingerprint density at radius 3 is 2.63 bits per heavy atom. The zero-order valence-corrected chi connectivity index (χ0v) is 15.8. The summed E-state index contributed by atoms with van der Waals surface area (Å²) in [5.41, 5.74) is 5.92. The lowest BCUT2D eigenvalue weighted by Crippen LogP contribution is -2.24. The number of nitrogens with zero attached hydrogens (tertiary/aromatic N) is 2. The summed E-state index contributed by atoms with van der Waals surface area (Å²) in [4.78, 5) is 14.3. The largest absolute Gasteiger partial charge is 0.493 e. The molecule has 1 amide bonds. The van der Waals surface area contributed by atoms with Gasteiger partial charge in [-0.25, -0.2) is 5.43 Å². The average Bonchev–Trinajstić information content (AvgIpc) is 3.21. The molecular weight excluding hydrogens is 342 g/mol. The number of carbonyl (C=O) groups is 1. The van der Waals surface area contributed by atoms with Crippen molar-refractivity contribution in [3.05, 3.63) is 53.6 Å². The predicted octanol–water partition coefficient (Wildman–Crippen LogP) is 3.13. The van der Waals surface area contributed by atoms with Crippen molar-refractivity contribution in [3.8, 4) is 11.5 Å². The first-order valence-electron chi connectivity index (χ1n) is 9.10. The Labute approximate surface area is 159 Å². The monoisotopic (exact) mass is 367 g/mol. The van der Waals surface area contributed by atoms with Crippen LogP contribution < -0.4 is 19.8 Å². The van der Waals surface area contributed by atoms with E-state index in [1.54, 1.807) is 25.5 Å². The highest BCUT2D eigenvalue weighted by Gasteiger charge is 2.14. The fourth-order valence-electron chi connectivity index (χ4n) is 3.16. The normalized spacial score (nSPS) is 13.8. The third-order valence-electron chi connectivity index (χ3n) is 4.50. The number of hydrazone groups is 1. The maximum Gasteiger partial charge on any atom is 0.277 e. The van der Waals surface area contributed by atoms with Crippen molar-refractivity contribution in [1.29, 1.82) is 0 Å². The highest BCUT2D eigenvalue weighted by molar-refractivity contribution is 5.84. The molecule has 0 radical (unpaired) electrons. The highest BCUT2D eigenvalue weighted by Crippen LogP contribution is 2.26. The molecule has 1 heterocycles. The van der Waals surface area contributed by atoms with Gasteiger partial charge in [-0.3, -0.25) is 4.79 Å². The molecule has 6 heteroatoms. The van der Waals surface area contributed by atoms with Gasteiger partial charge in [-0.2, -0.15) is 5.10 Å². The Hall–Kier alpha value is -3.02. The lowest BCUT2D eigenvalue weighted by molar-refractivity contribution is -0.123. The molecule has 1 N–H and O–H groups in total. The second-order valence-electron chi connectivity index (χ2n) is 6.47. The first-order chi connectivity index (χ1) is 13.2. The molecule has 1 aliphatic heterocycles. The summed E-state index contributed by atoms with van der Waals surface area (Å²) in [7, 11) is 1.56. The molecule has 27 heavy (non-hydrogen) atoms. The molecule has 2 aromatic rings. The molecule has 3 rings (SSSR count). The summed E-state index contributed by atoms with van der Waals surface area (Å²) in [5.74, 6) is 0.775. The lowest BCUT2D eigenvalue weighted by Gasteiger charge is -2.20. The van der Waals surface area contributed by atoms with Gasteiger partial charge in [0, 0.05) is 18.8 Å². The Morgan fingerprint density at radius 1 is 1.19 bits per heavy atom. The van der Waals surface area contributed by atoms with Crippen LogP contribution in [-0.4, -0.2) is 38.9 Å². The third kappa shape index (κ3) is 5.00. The van der Waals surface area contributed by atoms with Crippen LogP contribution in [0.5, 0.6) is 11.5 Å². The predicted molar refractivity (Wildman–Crippen MR) is 107 cm³/mol. The van der Waals surface area contributed by atoms with Gasteiger partial charge in [-0.15, -0.1) is 0 Å². The van der Waals surface area contributed by atoms with E-state index in [0.717, 1.165) is 18.7 Å². The van der Waals surface area contributed by atoms with Gasteiger partial charge in [0.05, 0.1) is 13.3 Å². The van der Waals surface area contributed by atoms with Gasteiger partial charge in [0.15, 0.2) is 18.1 Å². The van der Waals surface area contributed by atoms with Gasteiger partial charge < -0.3 is 14.4 Å². The molecule has 0 saturated carbocycles. The zero-order chi connectivity index (χ0) is 19.1. The van der Waals surface area contributed by atoms with Crippen molar-refractivity contribution in [2.75, 3.05) is 31.7 Å². The van der Waals surface area contributed by atoms with E-state index in [2.05, 4.69) is 34.5 Å². The Bertz CT molecular complexity index is 814. The fourth-order valence-corrected chi connectivity index (χ4v) is 3.16. The number of ether oxygens (including phenoxy) is 2. The molecule has 6 nitrogen and oxygen atoms in total. The molecule has 1 saturated heterocycles. The number of hydrogen-bond donors (Lipinski definition) is 1. The van der Waals surface area contributed by atoms with Crippen LogP contribution in [0, 0.1) is 6.92 Å². The number of hydrogen-bond acceptors (Lipinski definition) is 5. The van der Waals surface area contributed by atoms with E-state index in [9.17, 15) is 4.79 Å². The maximum atomic E-state index is 11.9. The standard InChI is InChI=1S/C21H25N3O3/c1-16-13-17(9-10-18(16)24-11-5-6-12-24)14-22-23-21(25)15-27-20-8-4-3-7-19(20)26-2/h3-4,7-10,13-14H,5-6,11-12,15H2,1-2H3,(H,23,25)/b22-14+. The summed E-state index contributed by atoms with van der Waals surface area (Å²) >= 11 is 0. The summed E-state index contributed by atoms with van der Waals surface area (Å²) < 4.78 is 10.7. The van der Waals surface area contributed by atoms with Crippen LogP contribution in [0.25, 0.3) is 0 Å². The second kappa shape index (κ2) is 9.07. The molecule has 0 spiro atoms. The number of nitrogens with one attached hydrogen (secondary N) is 1. The number of benzene rings is 2. The number of aryl methyl sites for hydroxylation is 1. The van der Waals surface area contributed by atoms with Crippen molar-refractivity contribution in [3.63, 3.8) is 0 Å². The number of methoxy groups -OCH3 is 1. The summed E-state index contributed by atoms with van der Waals surface area (Å²) in [5, 5.41) is 4.02. The van der Waals surface area contributed by atoms with Crippen LogP contribution >= 0.6 is 0 Å². The van der Waals surface area contributed by atoms with Crippen molar-refractivity contribution < 1.29 is 14.3 Å². The fraction of sp³-hybridized carbons (Fsp3) is 0.333. The van der Waals surface area contributed by atoms with Gasteiger partial charge >= 0.3 is 0 Å². The van der Waals surface area contributed by atoms with Gasteiger partial charge in [-0.05, 0) is 55.2 Å². The van der Waals surface area contributed by atoms with E-state index in [4.69, 9.17) is 9.47 Å². The van der Waals surface area contributed by atoms with Crippen LogP contribution in [0.1, 0.15) is 24.0 Å². The van der Waals surface area contributed by atoms with Crippen LogP contribution in [0.3, 0.4) is 0 Å². The Morgan fingerprint density at radius 2 is 1.93 bits per heavy atom. The van der Waals surface area contributed by atoms with Gasteiger partial charge in [0.2, 0.25) is 0 Å². The molecule has 0 unspecified atom stereocenters. The average molecular weight is 367 g/mol. The zero-order valence-electron chi connectivity index (χ0n) is 15.8. The van der Waals surface area contributed by atoms with E-state index < -0.39 is 0 Å². The van der Waals surface area contributed by atoms with Crippen molar-refractivity contribution in [2.45, 2.75) is 19.8 Å². The minimum Gasteiger partial charge on any atom is -0.493 e. The lowest BCUT2D eigenvalue weighted by atomic mass is 10.1. The molecule has 1 fully saturated rings. The van der Waals surface area contributed by atoms with Crippen molar-refractivity contribution >= 4 is 17.8 Å². The highest BCUT2D eigenvalue weighted by atomic mass is 16.5. The van der Waals surface area contributed by atoms with Crippen molar-refractivity contribution in [1.82, 2.24) is 5.43 Å². The minimum absolute atomic E-state index is 0.134. The Balaban J connectivity index is 1.51. The van der Waals surface area contributed by atoms with Gasteiger partial charge in [0.25, 0.3) is 5.91 Å². The molecule has 1 aliphatic rings.